The maximum atomic E-state index is 15.0. The molecule has 178 valence electrons. The van der Waals surface area contributed by atoms with Crippen LogP contribution in [0.5, 0.6) is 0 Å². The summed E-state index contributed by atoms with van der Waals surface area (Å²) in [5.74, 6) is -2.66. The van der Waals surface area contributed by atoms with E-state index in [1.807, 2.05) is 0 Å². The number of amides is 1. The maximum absolute atomic E-state index is 15.0. The van der Waals surface area contributed by atoms with E-state index in [1.54, 1.807) is 37.3 Å². The van der Waals surface area contributed by atoms with Crippen LogP contribution in [0.1, 0.15) is 35.0 Å². The van der Waals surface area contributed by atoms with Crippen molar-refractivity contribution in [3.8, 4) is 0 Å². The lowest BCUT2D eigenvalue weighted by Crippen LogP contribution is -2.53. The van der Waals surface area contributed by atoms with Gasteiger partial charge in [0.25, 0.3) is 5.91 Å². The summed E-state index contributed by atoms with van der Waals surface area (Å²) in [6, 6.07) is 10.1. The molecule has 0 radical (unpaired) electrons. The second kappa shape index (κ2) is 9.46. The second-order valence-corrected chi connectivity index (χ2v) is 10.8. The minimum Gasteiger partial charge on any atom is -0.376 e. The summed E-state index contributed by atoms with van der Waals surface area (Å²) in [6.07, 6.45) is -2.12. The number of nitrogens with two attached hydrogens (primary N) is 1. The summed E-state index contributed by atoms with van der Waals surface area (Å²) in [7, 11) is -3.71. The summed E-state index contributed by atoms with van der Waals surface area (Å²) in [5, 5.41) is 1.43. The van der Waals surface area contributed by atoms with Gasteiger partial charge < -0.3 is 20.5 Å². The molecule has 2 aromatic rings. The fourth-order valence-corrected chi connectivity index (χ4v) is 6.62. The Kier molecular flexibility index (Phi) is 6.81. The summed E-state index contributed by atoms with van der Waals surface area (Å²) >= 11 is 0. The molecule has 0 spiro atoms. The van der Waals surface area contributed by atoms with Gasteiger partial charge in [-0.1, -0.05) is 30.3 Å². The van der Waals surface area contributed by atoms with Crippen LogP contribution in [0.4, 0.5) is 8.78 Å². The highest BCUT2D eigenvalue weighted by Crippen LogP contribution is 2.34. The van der Waals surface area contributed by atoms with Crippen LogP contribution in [0, 0.1) is 11.6 Å². The van der Waals surface area contributed by atoms with Crippen LogP contribution in [0.15, 0.2) is 42.5 Å². The second-order valence-electron chi connectivity index (χ2n) is 8.47. The quantitative estimate of drug-likeness (QED) is 0.628. The average Bonchev–Trinajstić information content (AvgIpc) is 2.73. The summed E-state index contributed by atoms with van der Waals surface area (Å²) in [5.41, 5.74) is 5.57. The number of halogens is 2. The van der Waals surface area contributed by atoms with Crippen LogP contribution < -0.4 is 11.1 Å². The van der Waals surface area contributed by atoms with Crippen LogP contribution in [0.2, 0.25) is 0 Å². The molecular formula is C23H26F2N2O5S. The standard InChI is InChI=1S/C23H26F2N2O5S/c1-13-20(33(29,30)21(10-27-13)14-5-3-2-4-6-14)8-15-7-19(25)17(9-18(15)24)22(23(26)28)32-16-11-31-12-16/h2-7,9,13,16,20-22,27H,8,10-12H2,1H3,(H2,26,28)/t13-,20?,21-,22+/m0/s1. The predicted octanol–water partition coefficient (Wildman–Crippen LogP) is 1.97. The molecular weight excluding hydrogens is 454 g/mol. The van der Waals surface area contributed by atoms with Crippen molar-refractivity contribution in [3.05, 3.63) is 70.8 Å². The van der Waals surface area contributed by atoms with Crippen LogP contribution in [-0.4, -0.2) is 51.5 Å². The zero-order valence-corrected chi connectivity index (χ0v) is 18.9. The Morgan fingerprint density at radius 2 is 1.91 bits per heavy atom. The molecule has 0 saturated carbocycles. The van der Waals surface area contributed by atoms with Crippen molar-refractivity contribution >= 4 is 15.7 Å². The SMILES string of the molecule is C[C@@H]1NC[C@@H](c2ccccc2)S(=O)(=O)C1Cc1cc(F)c([C@@H](OC2COC2)C(N)=O)cc1F. The third-order valence-corrected chi connectivity index (χ3v) is 8.89. The highest BCUT2D eigenvalue weighted by Gasteiger charge is 2.43. The summed E-state index contributed by atoms with van der Waals surface area (Å²) in [4.78, 5) is 11.8. The van der Waals surface area contributed by atoms with Crippen molar-refractivity contribution in [3.63, 3.8) is 0 Å². The normalized spacial score (nSPS) is 25.8. The first-order valence-corrected chi connectivity index (χ1v) is 12.3. The largest absolute Gasteiger partial charge is 0.376 e. The number of carbonyl (C=O) groups excluding carboxylic acids is 1. The van der Waals surface area contributed by atoms with Gasteiger partial charge in [-0.15, -0.1) is 0 Å². The monoisotopic (exact) mass is 480 g/mol. The van der Waals surface area contributed by atoms with Gasteiger partial charge in [-0.2, -0.15) is 0 Å². The van der Waals surface area contributed by atoms with E-state index in [1.165, 1.54) is 0 Å². The lowest BCUT2D eigenvalue weighted by molar-refractivity contribution is -0.167. The molecule has 4 atom stereocenters. The molecule has 4 rings (SSSR count). The molecule has 2 aliphatic heterocycles. The highest BCUT2D eigenvalue weighted by atomic mass is 32.2. The van der Waals surface area contributed by atoms with Crippen molar-refractivity contribution in [2.75, 3.05) is 19.8 Å². The number of benzene rings is 2. The maximum Gasteiger partial charge on any atom is 0.251 e. The Morgan fingerprint density at radius 1 is 1.21 bits per heavy atom. The molecule has 2 aliphatic rings. The molecule has 0 aliphatic carbocycles. The lowest BCUT2D eigenvalue weighted by Gasteiger charge is -2.35. The molecule has 10 heteroatoms. The predicted molar refractivity (Wildman–Crippen MR) is 117 cm³/mol. The zero-order valence-electron chi connectivity index (χ0n) is 18.0. The van der Waals surface area contributed by atoms with Gasteiger partial charge in [0.1, 0.15) is 17.7 Å². The minimum absolute atomic E-state index is 0.0950. The lowest BCUT2D eigenvalue weighted by atomic mass is 9.99. The first-order chi connectivity index (χ1) is 15.7. The Hall–Kier alpha value is -2.40. The fraction of sp³-hybridized carbons (Fsp3) is 0.435. The van der Waals surface area contributed by atoms with E-state index in [-0.39, 0.29) is 37.3 Å². The van der Waals surface area contributed by atoms with Gasteiger partial charge in [0.2, 0.25) is 0 Å². The molecule has 1 amide bonds. The van der Waals surface area contributed by atoms with Gasteiger partial charge in [0.05, 0.1) is 23.7 Å². The van der Waals surface area contributed by atoms with E-state index < -0.39 is 56.1 Å². The van der Waals surface area contributed by atoms with Gasteiger partial charge in [0, 0.05) is 18.2 Å². The Morgan fingerprint density at radius 3 is 2.52 bits per heavy atom. The van der Waals surface area contributed by atoms with Crippen molar-refractivity contribution in [2.45, 2.75) is 42.1 Å². The number of sulfone groups is 1. The molecule has 0 aromatic heterocycles. The molecule has 3 N–H and O–H groups in total. The Balaban J connectivity index is 1.61. The van der Waals surface area contributed by atoms with Crippen molar-refractivity contribution in [1.29, 1.82) is 0 Å². The van der Waals surface area contributed by atoms with E-state index in [0.717, 1.165) is 12.1 Å². The zero-order chi connectivity index (χ0) is 23.8. The molecule has 2 heterocycles. The van der Waals surface area contributed by atoms with Crippen molar-refractivity contribution in [1.82, 2.24) is 5.32 Å². The van der Waals surface area contributed by atoms with Gasteiger partial charge in [-0.25, -0.2) is 17.2 Å². The topological polar surface area (TPSA) is 108 Å². The first-order valence-electron chi connectivity index (χ1n) is 10.7. The minimum atomic E-state index is -3.71. The number of nitrogens with one attached hydrogen (secondary N) is 1. The number of carbonyl (C=O) groups is 1. The third-order valence-electron chi connectivity index (χ3n) is 6.24. The first kappa shape index (κ1) is 23.7. The van der Waals surface area contributed by atoms with Crippen LogP contribution in [-0.2, 0) is 30.5 Å². The number of rotatable bonds is 7. The van der Waals surface area contributed by atoms with Crippen LogP contribution in [0.3, 0.4) is 0 Å². The van der Waals surface area contributed by atoms with Gasteiger partial charge >= 0.3 is 0 Å². The molecule has 1 unspecified atom stereocenters. The van der Waals surface area contributed by atoms with Crippen LogP contribution in [0.25, 0.3) is 0 Å². The van der Waals surface area contributed by atoms with Gasteiger partial charge in [0.15, 0.2) is 15.9 Å². The number of hydrogen-bond donors (Lipinski definition) is 2. The van der Waals surface area contributed by atoms with Gasteiger partial charge in [-0.3, -0.25) is 4.79 Å². The van der Waals surface area contributed by atoms with E-state index in [9.17, 15) is 17.6 Å². The van der Waals surface area contributed by atoms with E-state index in [4.69, 9.17) is 15.2 Å². The molecule has 7 nitrogen and oxygen atoms in total. The molecule has 2 aromatic carbocycles. The van der Waals surface area contributed by atoms with E-state index in [0.29, 0.717) is 5.56 Å². The number of ether oxygens (including phenoxy) is 2. The third kappa shape index (κ3) is 4.79. The van der Waals surface area contributed by atoms with Gasteiger partial charge in [-0.05, 0) is 36.6 Å². The van der Waals surface area contributed by atoms with Crippen LogP contribution >= 0.6 is 0 Å². The highest BCUT2D eigenvalue weighted by molar-refractivity contribution is 7.92. The number of primary amides is 1. The van der Waals surface area contributed by atoms with E-state index >= 15 is 4.39 Å². The van der Waals surface area contributed by atoms with E-state index in [2.05, 4.69) is 5.32 Å². The fourth-order valence-electron chi connectivity index (χ4n) is 4.26. The summed E-state index contributed by atoms with van der Waals surface area (Å²) < 4.78 is 67.2. The molecule has 33 heavy (non-hydrogen) atoms. The summed E-state index contributed by atoms with van der Waals surface area (Å²) in [6.45, 7) is 2.42. The number of hydrogen-bond acceptors (Lipinski definition) is 6. The van der Waals surface area contributed by atoms with Crippen molar-refractivity contribution < 1.29 is 31.5 Å². The Labute approximate surface area is 191 Å². The molecule has 2 fully saturated rings. The smallest absolute Gasteiger partial charge is 0.251 e. The Bertz CT molecular complexity index is 1130. The molecule has 0 bridgehead atoms. The van der Waals surface area contributed by atoms with Crippen molar-refractivity contribution in [2.24, 2.45) is 5.73 Å². The molecule has 2 saturated heterocycles. The average molecular weight is 481 g/mol.